The summed E-state index contributed by atoms with van der Waals surface area (Å²) in [5.41, 5.74) is 0.822. The van der Waals surface area contributed by atoms with Crippen molar-refractivity contribution in [3.8, 4) is 0 Å². The quantitative estimate of drug-likeness (QED) is 0.814. The van der Waals surface area contributed by atoms with E-state index in [1.165, 1.54) is 6.26 Å². The summed E-state index contributed by atoms with van der Waals surface area (Å²) in [6.07, 6.45) is 1.18. The van der Waals surface area contributed by atoms with Crippen LogP contribution in [0.15, 0.2) is 29.2 Å². The van der Waals surface area contributed by atoms with Gasteiger partial charge >= 0.3 is 0 Å². The SMILES string of the molecule is CS(=O)(=O)c1ccc(NBr)cc1. The molecule has 0 heterocycles. The van der Waals surface area contributed by atoms with Crippen molar-refractivity contribution >= 4 is 31.7 Å². The van der Waals surface area contributed by atoms with Gasteiger partial charge in [-0.15, -0.1) is 0 Å². The highest BCUT2D eigenvalue weighted by atomic mass is 79.9. The topological polar surface area (TPSA) is 46.2 Å². The van der Waals surface area contributed by atoms with Crippen molar-refractivity contribution in [1.29, 1.82) is 0 Å². The maximum Gasteiger partial charge on any atom is 0.175 e. The number of halogens is 1. The Hall–Kier alpha value is -0.550. The molecule has 0 radical (unpaired) electrons. The summed E-state index contributed by atoms with van der Waals surface area (Å²) in [5.74, 6) is 0. The van der Waals surface area contributed by atoms with E-state index in [0.29, 0.717) is 4.90 Å². The van der Waals surface area contributed by atoms with Crippen LogP contribution in [0.1, 0.15) is 0 Å². The second-order valence-electron chi connectivity index (χ2n) is 2.39. The minimum absolute atomic E-state index is 0.328. The zero-order valence-corrected chi connectivity index (χ0v) is 8.81. The lowest BCUT2D eigenvalue weighted by Gasteiger charge is -1.99. The molecule has 1 aromatic rings. The van der Waals surface area contributed by atoms with E-state index in [-0.39, 0.29) is 0 Å². The van der Waals surface area contributed by atoms with E-state index in [1.54, 1.807) is 24.3 Å². The van der Waals surface area contributed by atoms with Gasteiger partial charge in [-0.25, -0.2) is 8.42 Å². The zero-order valence-electron chi connectivity index (χ0n) is 6.41. The molecule has 0 fully saturated rings. The van der Waals surface area contributed by atoms with Crippen LogP contribution >= 0.6 is 16.1 Å². The zero-order chi connectivity index (χ0) is 9.19. The molecule has 0 aliphatic heterocycles. The first-order valence-electron chi connectivity index (χ1n) is 3.21. The van der Waals surface area contributed by atoms with Crippen molar-refractivity contribution in [3.05, 3.63) is 24.3 Å². The van der Waals surface area contributed by atoms with Gasteiger partial charge < -0.3 is 4.34 Å². The Kier molecular flexibility index (Phi) is 2.74. The standard InChI is InChI=1S/C7H8BrNO2S/c1-12(10,11)7-4-2-6(9-8)3-5-7/h2-5,9H,1H3. The van der Waals surface area contributed by atoms with E-state index in [0.717, 1.165) is 5.69 Å². The third kappa shape index (κ3) is 2.22. The predicted octanol–water partition coefficient (Wildman–Crippen LogP) is 1.81. The molecule has 0 saturated carbocycles. The van der Waals surface area contributed by atoms with Crippen LogP contribution in [0.5, 0.6) is 0 Å². The van der Waals surface area contributed by atoms with Gasteiger partial charge in [0.05, 0.1) is 4.90 Å². The summed E-state index contributed by atoms with van der Waals surface area (Å²) in [7, 11) is -3.07. The Morgan fingerprint density at radius 1 is 1.25 bits per heavy atom. The van der Waals surface area contributed by atoms with E-state index in [9.17, 15) is 8.42 Å². The lowest BCUT2D eigenvalue weighted by atomic mass is 10.3. The molecular formula is C7H8BrNO2S. The number of benzene rings is 1. The highest BCUT2D eigenvalue weighted by Crippen LogP contribution is 2.14. The van der Waals surface area contributed by atoms with E-state index in [1.807, 2.05) is 0 Å². The predicted molar refractivity (Wildman–Crippen MR) is 52.1 cm³/mol. The van der Waals surface area contributed by atoms with E-state index >= 15 is 0 Å². The van der Waals surface area contributed by atoms with Crippen molar-refractivity contribution in [3.63, 3.8) is 0 Å². The van der Waals surface area contributed by atoms with Crippen LogP contribution < -0.4 is 4.34 Å². The molecule has 0 spiro atoms. The van der Waals surface area contributed by atoms with Gasteiger partial charge in [-0.2, -0.15) is 0 Å². The maximum absolute atomic E-state index is 11.0. The molecule has 1 rings (SSSR count). The van der Waals surface area contributed by atoms with Gasteiger partial charge in [-0.05, 0) is 24.3 Å². The molecular weight excluding hydrogens is 242 g/mol. The van der Waals surface area contributed by atoms with Crippen molar-refractivity contribution < 1.29 is 8.42 Å². The van der Waals surface area contributed by atoms with Crippen LogP contribution in [0.4, 0.5) is 5.69 Å². The molecule has 0 bridgehead atoms. The molecule has 12 heavy (non-hydrogen) atoms. The van der Waals surface area contributed by atoms with E-state index < -0.39 is 9.84 Å². The number of anilines is 1. The molecule has 66 valence electrons. The summed E-state index contributed by atoms with van der Waals surface area (Å²) in [4.78, 5) is 0.328. The Morgan fingerprint density at radius 3 is 2.08 bits per heavy atom. The number of sulfone groups is 1. The highest BCUT2D eigenvalue weighted by molar-refractivity contribution is 9.10. The fourth-order valence-corrected chi connectivity index (χ4v) is 1.66. The van der Waals surface area contributed by atoms with Gasteiger partial charge in [-0.1, -0.05) is 0 Å². The Labute approximate surface area is 80.0 Å². The van der Waals surface area contributed by atoms with Crippen LogP contribution in [-0.2, 0) is 9.84 Å². The maximum atomic E-state index is 11.0. The second kappa shape index (κ2) is 3.45. The summed E-state index contributed by atoms with van der Waals surface area (Å²) in [5, 5.41) is 0. The summed E-state index contributed by atoms with van der Waals surface area (Å²) >= 11 is 3.03. The van der Waals surface area contributed by atoms with E-state index in [4.69, 9.17) is 0 Å². The lowest BCUT2D eigenvalue weighted by molar-refractivity contribution is 0.602. The van der Waals surface area contributed by atoms with E-state index in [2.05, 4.69) is 20.5 Å². The molecule has 0 aliphatic rings. The fourth-order valence-electron chi connectivity index (χ4n) is 0.765. The summed E-state index contributed by atoms with van der Waals surface area (Å²) < 4.78 is 24.7. The molecule has 0 amide bonds. The number of rotatable bonds is 2. The Bertz CT molecular complexity index is 357. The van der Waals surface area contributed by atoms with Gasteiger partial charge in [0.2, 0.25) is 0 Å². The Morgan fingerprint density at radius 2 is 1.75 bits per heavy atom. The molecule has 1 aromatic carbocycles. The van der Waals surface area contributed by atoms with Gasteiger partial charge in [-0.3, -0.25) is 0 Å². The largest absolute Gasteiger partial charge is 0.322 e. The van der Waals surface area contributed by atoms with Crippen molar-refractivity contribution in [2.45, 2.75) is 4.90 Å². The smallest absolute Gasteiger partial charge is 0.175 e. The average molecular weight is 250 g/mol. The molecule has 1 N–H and O–H groups in total. The van der Waals surface area contributed by atoms with Crippen LogP contribution in [0.2, 0.25) is 0 Å². The van der Waals surface area contributed by atoms with Crippen molar-refractivity contribution in [2.75, 3.05) is 10.6 Å². The molecule has 5 heteroatoms. The van der Waals surface area contributed by atoms with Crippen LogP contribution in [0.25, 0.3) is 0 Å². The first-order valence-corrected chi connectivity index (χ1v) is 5.89. The minimum atomic E-state index is -3.07. The minimum Gasteiger partial charge on any atom is -0.322 e. The van der Waals surface area contributed by atoms with Gasteiger partial charge in [0.25, 0.3) is 0 Å². The number of hydrogen-bond donors (Lipinski definition) is 1. The van der Waals surface area contributed by atoms with Crippen LogP contribution in [0, 0.1) is 0 Å². The van der Waals surface area contributed by atoms with Crippen molar-refractivity contribution in [2.24, 2.45) is 0 Å². The average Bonchev–Trinajstić information content (AvgIpc) is 2.03. The third-order valence-electron chi connectivity index (χ3n) is 1.39. The molecule has 0 saturated heterocycles. The molecule has 0 atom stereocenters. The van der Waals surface area contributed by atoms with Crippen LogP contribution in [0.3, 0.4) is 0 Å². The highest BCUT2D eigenvalue weighted by Gasteiger charge is 2.04. The first-order chi connectivity index (χ1) is 5.54. The van der Waals surface area contributed by atoms with Gasteiger partial charge in [0.15, 0.2) is 9.84 Å². The molecule has 0 aliphatic carbocycles. The molecule has 0 aromatic heterocycles. The van der Waals surface area contributed by atoms with Crippen molar-refractivity contribution in [1.82, 2.24) is 0 Å². The number of hydrogen-bond acceptors (Lipinski definition) is 3. The summed E-state index contributed by atoms with van der Waals surface area (Å²) in [6, 6.07) is 6.48. The first kappa shape index (κ1) is 9.54. The Balaban J connectivity index is 3.09. The number of nitrogens with one attached hydrogen (secondary N) is 1. The van der Waals surface area contributed by atoms with Gasteiger partial charge in [0, 0.05) is 28.1 Å². The summed E-state index contributed by atoms with van der Waals surface area (Å²) in [6.45, 7) is 0. The fraction of sp³-hybridized carbons (Fsp3) is 0.143. The molecule has 0 unspecified atom stereocenters. The van der Waals surface area contributed by atoms with Gasteiger partial charge in [0.1, 0.15) is 0 Å². The molecule has 3 nitrogen and oxygen atoms in total. The monoisotopic (exact) mass is 249 g/mol. The normalized spacial score (nSPS) is 11.2. The second-order valence-corrected chi connectivity index (χ2v) is 4.80. The lowest BCUT2D eigenvalue weighted by Crippen LogP contribution is -1.96. The third-order valence-corrected chi connectivity index (χ3v) is 2.98. The van der Waals surface area contributed by atoms with Crippen LogP contribution in [-0.4, -0.2) is 14.7 Å².